The van der Waals surface area contributed by atoms with Crippen molar-refractivity contribution in [2.75, 3.05) is 13.2 Å². The third-order valence-electron chi connectivity index (χ3n) is 11.6. The number of benzene rings is 3. The number of ether oxygens (including phenoxy) is 2. The Kier molecular flexibility index (Phi) is 12.9. The van der Waals surface area contributed by atoms with Gasteiger partial charge in [-0.1, -0.05) is 111 Å². The Labute approximate surface area is 336 Å². The first-order valence-corrected chi connectivity index (χ1v) is 19.8. The fraction of sp³-hybridized carbons (Fsp3) is 0.391. The molecule has 1 atom stereocenters. The predicted molar refractivity (Wildman–Crippen MR) is 211 cm³/mol. The number of aromatic carboxylic acids is 1. The predicted octanol–water partition coefficient (Wildman–Crippen LogP) is 6.74. The molecule has 3 aromatic carbocycles. The molecule has 3 aliphatic rings. The van der Waals surface area contributed by atoms with Crippen LogP contribution in [0.1, 0.15) is 129 Å². The van der Waals surface area contributed by atoms with Gasteiger partial charge in [0.2, 0.25) is 0 Å². The number of carboxylic acids is 2. The number of ketones is 2. The zero-order valence-electron chi connectivity index (χ0n) is 32.2. The van der Waals surface area contributed by atoms with E-state index >= 15 is 0 Å². The molecule has 0 amide bonds. The van der Waals surface area contributed by atoms with Crippen LogP contribution in [0.4, 0.5) is 0 Å². The molecular weight excluding hydrogens is 744 g/mol. The van der Waals surface area contributed by atoms with Crippen LogP contribution < -0.4 is 0 Å². The Bertz CT molecular complexity index is 2120. The lowest BCUT2D eigenvalue weighted by molar-refractivity contribution is -0.164. The summed E-state index contributed by atoms with van der Waals surface area (Å²) in [6, 6.07) is 17.5. The van der Waals surface area contributed by atoms with Gasteiger partial charge in [0.05, 0.1) is 24.3 Å². The molecule has 304 valence electrons. The van der Waals surface area contributed by atoms with Crippen LogP contribution in [0.5, 0.6) is 0 Å². The minimum atomic E-state index is -2.01. The molecule has 1 unspecified atom stereocenters. The standard InChI is InChI=1S/C46H48O12/c47-38(45(55)21-3-1-4-22-45)33-11-7-30(8-12-33)19-27-57-41(51)36-16-15-35(29-37(36)40(49)50)32-17-25-44(26-18-32,42(52)53)43(54)58-28-20-31-9-13-34(14-10-31)39(48)46(56)23-5-2-6-24-46/h7-18,25,29,55-56H,1-6,19-24,26-28H2,(H,49,50)(H,52,53). The minimum Gasteiger partial charge on any atom is -0.480 e. The minimum absolute atomic E-state index is 0.0589. The lowest BCUT2D eigenvalue weighted by Crippen LogP contribution is -2.40. The van der Waals surface area contributed by atoms with Crippen molar-refractivity contribution < 1.29 is 58.7 Å². The van der Waals surface area contributed by atoms with E-state index < -0.39 is 40.5 Å². The average Bonchev–Trinajstić information content (AvgIpc) is 3.23. The van der Waals surface area contributed by atoms with Crippen LogP contribution >= 0.6 is 0 Å². The molecule has 6 rings (SSSR count). The van der Waals surface area contributed by atoms with Gasteiger partial charge in [-0.25, -0.2) is 9.59 Å². The molecule has 12 heteroatoms. The zero-order valence-corrected chi connectivity index (χ0v) is 32.2. The molecule has 0 radical (unpaired) electrons. The van der Waals surface area contributed by atoms with Crippen molar-refractivity contribution in [1.29, 1.82) is 0 Å². The second kappa shape index (κ2) is 17.8. The summed E-state index contributed by atoms with van der Waals surface area (Å²) in [5.41, 5.74) is -2.03. The number of carbonyl (C=O) groups is 6. The Morgan fingerprint density at radius 2 is 1.10 bits per heavy atom. The van der Waals surface area contributed by atoms with Crippen LogP contribution in [0.15, 0.2) is 85.0 Å². The summed E-state index contributed by atoms with van der Waals surface area (Å²) < 4.78 is 10.8. The highest BCUT2D eigenvalue weighted by Gasteiger charge is 2.46. The van der Waals surface area contributed by atoms with Crippen LogP contribution in [-0.2, 0) is 31.9 Å². The van der Waals surface area contributed by atoms with Crippen molar-refractivity contribution in [2.24, 2.45) is 5.41 Å². The molecule has 0 heterocycles. The van der Waals surface area contributed by atoms with Crippen LogP contribution in [0.25, 0.3) is 5.57 Å². The summed E-state index contributed by atoms with van der Waals surface area (Å²) in [5.74, 6) is -5.21. The number of hydrogen-bond donors (Lipinski definition) is 4. The van der Waals surface area contributed by atoms with Crippen molar-refractivity contribution in [3.63, 3.8) is 0 Å². The first-order valence-electron chi connectivity index (χ1n) is 19.8. The van der Waals surface area contributed by atoms with Gasteiger partial charge in [-0.2, -0.15) is 0 Å². The molecular formula is C46H48O12. The molecule has 0 aromatic heterocycles. The van der Waals surface area contributed by atoms with Gasteiger partial charge < -0.3 is 29.9 Å². The van der Waals surface area contributed by atoms with Gasteiger partial charge >= 0.3 is 23.9 Å². The Morgan fingerprint density at radius 3 is 1.55 bits per heavy atom. The average molecular weight is 793 g/mol. The van der Waals surface area contributed by atoms with Crippen LogP contribution in [0.2, 0.25) is 0 Å². The summed E-state index contributed by atoms with van der Waals surface area (Å²) in [6.45, 7) is -0.176. The van der Waals surface area contributed by atoms with E-state index in [1.165, 1.54) is 36.4 Å². The zero-order chi connectivity index (χ0) is 41.5. The summed E-state index contributed by atoms with van der Waals surface area (Å²) >= 11 is 0. The fourth-order valence-electron chi connectivity index (χ4n) is 7.97. The highest BCUT2D eigenvalue weighted by molar-refractivity contribution is 6.05. The number of aliphatic hydroxyl groups is 2. The second-order valence-corrected chi connectivity index (χ2v) is 15.5. The lowest BCUT2D eigenvalue weighted by Gasteiger charge is -2.30. The topological polar surface area (TPSA) is 202 Å². The van der Waals surface area contributed by atoms with Gasteiger partial charge in [0.25, 0.3) is 0 Å². The van der Waals surface area contributed by atoms with Crippen molar-refractivity contribution in [1.82, 2.24) is 0 Å². The number of aliphatic carboxylic acids is 1. The van der Waals surface area contributed by atoms with E-state index in [1.807, 2.05) is 0 Å². The largest absolute Gasteiger partial charge is 0.480 e. The third kappa shape index (κ3) is 9.19. The molecule has 3 aromatic rings. The molecule has 0 spiro atoms. The summed E-state index contributed by atoms with van der Waals surface area (Å²) in [5, 5.41) is 41.6. The Hall–Kier alpha value is -5.72. The number of hydrogen-bond acceptors (Lipinski definition) is 10. The van der Waals surface area contributed by atoms with Gasteiger partial charge in [0, 0.05) is 24.0 Å². The fourth-order valence-corrected chi connectivity index (χ4v) is 7.97. The van der Waals surface area contributed by atoms with E-state index in [1.54, 1.807) is 48.5 Å². The number of carbonyl (C=O) groups excluding carboxylic acids is 4. The van der Waals surface area contributed by atoms with Gasteiger partial charge in [0.1, 0.15) is 11.2 Å². The first-order chi connectivity index (χ1) is 27.7. The smallest absolute Gasteiger partial charge is 0.339 e. The lowest BCUT2D eigenvalue weighted by atomic mass is 9.79. The summed E-state index contributed by atoms with van der Waals surface area (Å²) in [6.07, 6.45) is 11.4. The van der Waals surface area contributed by atoms with E-state index in [-0.39, 0.29) is 48.7 Å². The third-order valence-corrected chi connectivity index (χ3v) is 11.6. The van der Waals surface area contributed by atoms with Gasteiger partial charge in [-0.05, 0) is 66.5 Å². The molecule has 12 nitrogen and oxygen atoms in total. The van der Waals surface area contributed by atoms with Gasteiger partial charge in [-0.15, -0.1) is 0 Å². The van der Waals surface area contributed by atoms with Gasteiger partial charge in [0.15, 0.2) is 17.0 Å². The molecule has 0 aliphatic heterocycles. The van der Waals surface area contributed by atoms with E-state index in [9.17, 15) is 49.2 Å². The van der Waals surface area contributed by atoms with Crippen LogP contribution in [0.3, 0.4) is 0 Å². The van der Waals surface area contributed by atoms with Crippen molar-refractivity contribution in [2.45, 2.75) is 94.7 Å². The molecule has 3 aliphatic carbocycles. The monoisotopic (exact) mass is 792 g/mol. The second-order valence-electron chi connectivity index (χ2n) is 15.5. The Morgan fingerprint density at radius 1 is 0.603 bits per heavy atom. The SMILES string of the molecule is O=C(O)c1cc(C2=CCC(C(=O)O)(C(=O)OCCc3ccc(C(=O)C4(O)CCCCC4)cc3)C=C2)ccc1C(=O)OCCc1ccc(C(=O)C2(O)CCCCC2)cc1. The van der Waals surface area contributed by atoms with Crippen molar-refractivity contribution in [3.05, 3.63) is 124 Å². The molecule has 0 bridgehead atoms. The van der Waals surface area contributed by atoms with E-state index in [0.717, 1.165) is 49.7 Å². The molecule has 2 fully saturated rings. The number of Topliss-reactive ketones (excluding diaryl/α,β-unsaturated/α-hetero) is 2. The summed E-state index contributed by atoms with van der Waals surface area (Å²) in [4.78, 5) is 76.6. The normalized spacial score (nSPS) is 19.7. The number of allylic oxidation sites excluding steroid dienone is 3. The van der Waals surface area contributed by atoms with Crippen LogP contribution in [-0.4, -0.2) is 80.3 Å². The number of rotatable bonds is 15. The highest BCUT2D eigenvalue weighted by atomic mass is 16.5. The molecule has 0 saturated heterocycles. The Balaban J connectivity index is 1.02. The highest BCUT2D eigenvalue weighted by Crippen LogP contribution is 2.36. The maximum absolute atomic E-state index is 13.2. The maximum Gasteiger partial charge on any atom is 0.339 e. The number of carboxylic acid groups (broad SMARTS) is 2. The van der Waals surface area contributed by atoms with Crippen molar-refractivity contribution >= 4 is 41.0 Å². The maximum atomic E-state index is 13.2. The quantitative estimate of drug-likeness (QED) is 0.0719. The van der Waals surface area contributed by atoms with E-state index in [2.05, 4.69) is 0 Å². The summed E-state index contributed by atoms with van der Waals surface area (Å²) in [7, 11) is 0. The van der Waals surface area contributed by atoms with Gasteiger partial charge in [-0.3, -0.25) is 19.2 Å². The van der Waals surface area contributed by atoms with Crippen molar-refractivity contribution in [3.8, 4) is 0 Å². The van der Waals surface area contributed by atoms with E-state index in [0.29, 0.717) is 54.4 Å². The number of esters is 2. The first kappa shape index (κ1) is 41.9. The van der Waals surface area contributed by atoms with E-state index in [4.69, 9.17) is 9.47 Å². The molecule has 4 N–H and O–H groups in total. The molecule has 2 saturated carbocycles. The van der Waals surface area contributed by atoms with Crippen LogP contribution in [0, 0.1) is 5.41 Å². The molecule has 58 heavy (non-hydrogen) atoms.